The van der Waals surface area contributed by atoms with E-state index in [1.54, 1.807) is 6.07 Å². The van der Waals surface area contributed by atoms with Gasteiger partial charge >= 0.3 is 5.97 Å². The molecule has 3 N–H and O–H groups in total. The fraction of sp³-hybridized carbons (Fsp3) is 0. The molecule has 0 fully saturated rings. The number of carboxylic acid groups (broad SMARTS) is 1. The number of aromatic nitrogens is 2. The SMILES string of the molecule is Nc1coc(C(=O)O)c1-c1ccncn1. The van der Waals surface area contributed by atoms with Gasteiger partial charge in [0.15, 0.2) is 0 Å². The van der Waals surface area contributed by atoms with Gasteiger partial charge in [0.25, 0.3) is 0 Å². The summed E-state index contributed by atoms with van der Waals surface area (Å²) in [6.45, 7) is 0. The Balaban J connectivity index is 2.62. The van der Waals surface area contributed by atoms with Crippen LogP contribution in [0.4, 0.5) is 5.69 Å². The fourth-order valence-corrected chi connectivity index (χ4v) is 1.23. The van der Waals surface area contributed by atoms with Crippen molar-refractivity contribution in [2.75, 3.05) is 5.73 Å². The topological polar surface area (TPSA) is 102 Å². The molecule has 0 amide bonds. The van der Waals surface area contributed by atoms with E-state index in [0.29, 0.717) is 5.69 Å². The monoisotopic (exact) mass is 205 g/mol. The Morgan fingerprint density at radius 2 is 2.33 bits per heavy atom. The van der Waals surface area contributed by atoms with Gasteiger partial charge in [-0.2, -0.15) is 0 Å². The van der Waals surface area contributed by atoms with Crippen LogP contribution in [0.5, 0.6) is 0 Å². The zero-order chi connectivity index (χ0) is 10.8. The van der Waals surface area contributed by atoms with Crippen LogP contribution in [0.1, 0.15) is 10.6 Å². The maximum Gasteiger partial charge on any atom is 0.372 e. The Hall–Kier alpha value is -2.37. The predicted octanol–water partition coefficient (Wildman–Crippen LogP) is 1.02. The van der Waals surface area contributed by atoms with Crippen molar-refractivity contribution in [2.24, 2.45) is 0 Å². The molecule has 76 valence electrons. The summed E-state index contributed by atoms with van der Waals surface area (Å²) in [5, 5.41) is 8.85. The van der Waals surface area contributed by atoms with Gasteiger partial charge in [0.2, 0.25) is 5.76 Å². The first-order chi connectivity index (χ1) is 7.20. The number of hydrogen-bond donors (Lipinski definition) is 2. The highest BCUT2D eigenvalue weighted by Gasteiger charge is 2.20. The minimum atomic E-state index is -1.18. The van der Waals surface area contributed by atoms with E-state index in [2.05, 4.69) is 9.97 Å². The first kappa shape index (κ1) is 9.20. The molecule has 0 unspecified atom stereocenters. The second-order valence-corrected chi connectivity index (χ2v) is 2.79. The van der Waals surface area contributed by atoms with Crippen molar-refractivity contribution in [3.8, 4) is 11.3 Å². The number of nitrogens with two attached hydrogens (primary N) is 1. The number of nitrogens with zero attached hydrogens (tertiary/aromatic N) is 2. The summed E-state index contributed by atoms with van der Waals surface area (Å²) >= 11 is 0. The molecule has 0 saturated carbocycles. The number of nitrogen functional groups attached to an aromatic ring is 1. The van der Waals surface area contributed by atoms with E-state index in [4.69, 9.17) is 15.3 Å². The third-order valence-electron chi connectivity index (χ3n) is 1.85. The molecule has 0 aliphatic rings. The largest absolute Gasteiger partial charge is 0.475 e. The zero-order valence-corrected chi connectivity index (χ0v) is 7.54. The van der Waals surface area contributed by atoms with Gasteiger partial charge in [-0.05, 0) is 6.07 Å². The van der Waals surface area contributed by atoms with Gasteiger partial charge in [0.1, 0.15) is 12.6 Å². The van der Waals surface area contributed by atoms with Crippen molar-refractivity contribution in [3.63, 3.8) is 0 Å². The van der Waals surface area contributed by atoms with Crippen molar-refractivity contribution in [2.45, 2.75) is 0 Å². The minimum absolute atomic E-state index is 0.216. The molecular weight excluding hydrogens is 198 g/mol. The van der Waals surface area contributed by atoms with Gasteiger partial charge in [-0.1, -0.05) is 0 Å². The number of anilines is 1. The van der Waals surface area contributed by atoms with Crippen LogP contribution in [-0.4, -0.2) is 21.0 Å². The molecule has 0 aromatic carbocycles. The second-order valence-electron chi connectivity index (χ2n) is 2.79. The van der Waals surface area contributed by atoms with Crippen LogP contribution in [0.25, 0.3) is 11.3 Å². The lowest BCUT2D eigenvalue weighted by Crippen LogP contribution is -1.98. The van der Waals surface area contributed by atoms with E-state index in [9.17, 15) is 4.79 Å². The van der Waals surface area contributed by atoms with Gasteiger partial charge in [-0.15, -0.1) is 0 Å². The van der Waals surface area contributed by atoms with Crippen LogP contribution in [-0.2, 0) is 0 Å². The molecule has 0 saturated heterocycles. The molecule has 0 atom stereocenters. The molecule has 0 spiro atoms. The third kappa shape index (κ3) is 1.52. The summed E-state index contributed by atoms with van der Waals surface area (Å²) in [4.78, 5) is 18.5. The van der Waals surface area contributed by atoms with Gasteiger partial charge < -0.3 is 15.3 Å². The predicted molar refractivity (Wildman–Crippen MR) is 51.1 cm³/mol. The second kappa shape index (κ2) is 3.41. The van der Waals surface area contributed by atoms with Crippen LogP contribution < -0.4 is 5.73 Å². The lowest BCUT2D eigenvalue weighted by molar-refractivity contribution is 0.0663. The quantitative estimate of drug-likeness (QED) is 0.758. The maximum absolute atomic E-state index is 10.8. The maximum atomic E-state index is 10.8. The number of aromatic carboxylic acids is 1. The molecule has 15 heavy (non-hydrogen) atoms. The standard InChI is InChI=1S/C9H7N3O3/c10-5-3-15-8(9(13)14)7(5)6-1-2-11-4-12-6/h1-4H,10H2,(H,13,14). The highest BCUT2D eigenvalue weighted by molar-refractivity contribution is 5.96. The minimum Gasteiger partial charge on any atom is -0.475 e. The lowest BCUT2D eigenvalue weighted by Gasteiger charge is -1.98. The molecular formula is C9H7N3O3. The number of hydrogen-bond acceptors (Lipinski definition) is 5. The highest BCUT2D eigenvalue weighted by Crippen LogP contribution is 2.29. The molecule has 0 aliphatic heterocycles. The molecule has 0 aliphatic carbocycles. The number of carboxylic acids is 1. The molecule has 6 heteroatoms. The smallest absolute Gasteiger partial charge is 0.372 e. The Bertz CT molecular complexity index is 493. The lowest BCUT2D eigenvalue weighted by atomic mass is 10.1. The Labute approximate surface area is 84.4 Å². The van der Waals surface area contributed by atoms with Gasteiger partial charge in [-0.25, -0.2) is 14.8 Å². The Morgan fingerprint density at radius 1 is 1.53 bits per heavy atom. The summed E-state index contributed by atoms with van der Waals surface area (Å²) in [5.41, 5.74) is 6.54. The van der Waals surface area contributed by atoms with E-state index in [0.717, 1.165) is 0 Å². The van der Waals surface area contributed by atoms with E-state index in [1.165, 1.54) is 18.8 Å². The van der Waals surface area contributed by atoms with Crippen LogP contribution in [0.3, 0.4) is 0 Å². The number of rotatable bonds is 2. The summed E-state index contributed by atoms with van der Waals surface area (Å²) in [6.07, 6.45) is 3.99. The summed E-state index contributed by atoms with van der Waals surface area (Å²) in [5.74, 6) is -1.40. The van der Waals surface area contributed by atoms with E-state index in [-0.39, 0.29) is 17.0 Å². The van der Waals surface area contributed by atoms with E-state index in [1.807, 2.05) is 0 Å². The van der Waals surface area contributed by atoms with Crippen molar-refractivity contribution >= 4 is 11.7 Å². The normalized spacial score (nSPS) is 10.1. The van der Waals surface area contributed by atoms with Crippen LogP contribution >= 0.6 is 0 Å². The van der Waals surface area contributed by atoms with Gasteiger partial charge in [0, 0.05) is 6.20 Å². The average molecular weight is 205 g/mol. The fourth-order valence-electron chi connectivity index (χ4n) is 1.23. The van der Waals surface area contributed by atoms with Crippen molar-refractivity contribution in [1.82, 2.24) is 9.97 Å². The average Bonchev–Trinajstić information content (AvgIpc) is 2.61. The van der Waals surface area contributed by atoms with E-state index >= 15 is 0 Å². The molecule has 2 heterocycles. The Kier molecular flexibility index (Phi) is 2.09. The molecule has 6 nitrogen and oxygen atoms in total. The first-order valence-corrected chi connectivity index (χ1v) is 4.07. The summed E-state index contributed by atoms with van der Waals surface area (Å²) in [7, 11) is 0. The van der Waals surface area contributed by atoms with Crippen LogP contribution in [0, 0.1) is 0 Å². The molecule has 0 bridgehead atoms. The zero-order valence-electron chi connectivity index (χ0n) is 7.54. The first-order valence-electron chi connectivity index (χ1n) is 4.07. The van der Waals surface area contributed by atoms with Gasteiger partial charge in [0.05, 0.1) is 16.9 Å². The number of carbonyl (C=O) groups is 1. The van der Waals surface area contributed by atoms with E-state index < -0.39 is 5.97 Å². The summed E-state index contributed by atoms with van der Waals surface area (Å²) in [6, 6.07) is 1.56. The molecule has 2 aromatic heterocycles. The molecule has 2 aromatic rings. The summed E-state index contributed by atoms with van der Waals surface area (Å²) < 4.78 is 4.83. The van der Waals surface area contributed by atoms with Crippen molar-refractivity contribution in [1.29, 1.82) is 0 Å². The van der Waals surface area contributed by atoms with Gasteiger partial charge in [-0.3, -0.25) is 0 Å². The number of furan rings is 1. The Morgan fingerprint density at radius 3 is 2.93 bits per heavy atom. The van der Waals surface area contributed by atoms with Crippen molar-refractivity contribution in [3.05, 3.63) is 30.6 Å². The molecule has 0 radical (unpaired) electrons. The van der Waals surface area contributed by atoms with Crippen molar-refractivity contribution < 1.29 is 14.3 Å². The van der Waals surface area contributed by atoms with Crippen LogP contribution in [0.15, 0.2) is 29.3 Å². The highest BCUT2D eigenvalue weighted by atomic mass is 16.4. The molecule has 2 rings (SSSR count). The third-order valence-corrected chi connectivity index (χ3v) is 1.85. The van der Waals surface area contributed by atoms with Crippen LogP contribution in [0.2, 0.25) is 0 Å².